The van der Waals surface area contributed by atoms with Gasteiger partial charge in [0.05, 0.1) is 17.2 Å². The third kappa shape index (κ3) is 5.32. The van der Waals surface area contributed by atoms with E-state index in [2.05, 4.69) is 52.2 Å². The van der Waals surface area contributed by atoms with Crippen LogP contribution in [0.15, 0.2) is 84.6 Å². The van der Waals surface area contributed by atoms with Gasteiger partial charge in [0, 0.05) is 0 Å². The molecule has 0 spiro atoms. The minimum Gasteiger partial charge on any atom is -0.493 e. The zero-order valence-corrected chi connectivity index (χ0v) is 22.6. The molecule has 1 N–H and O–H groups in total. The Morgan fingerprint density at radius 2 is 1.76 bits per heavy atom. The molecule has 0 aliphatic carbocycles. The van der Waals surface area contributed by atoms with E-state index in [9.17, 15) is 9.59 Å². The molecule has 37 heavy (non-hydrogen) atoms. The summed E-state index contributed by atoms with van der Waals surface area (Å²) in [4.78, 5) is 26.8. The highest BCUT2D eigenvalue weighted by Gasteiger charge is 2.33. The van der Waals surface area contributed by atoms with Crippen molar-refractivity contribution < 1.29 is 19.1 Å². The van der Waals surface area contributed by atoms with Gasteiger partial charge >= 0.3 is 6.03 Å². The van der Waals surface area contributed by atoms with Crippen LogP contribution in [-0.4, -0.2) is 23.9 Å². The highest BCUT2D eigenvalue weighted by molar-refractivity contribution is 14.1. The van der Waals surface area contributed by atoms with Crippen LogP contribution in [0, 0.1) is 10.5 Å². The van der Waals surface area contributed by atoms with Crippen molar-refractivity contribution in [1.82, 2.24) is 10.2 Å². The Balaban J connectivity index is 1.36. The second-order valence-corrected chi connectivity index (χ2v) is 9.99. The number of methoxy groups -OCH3 is 1. The fourth-order valence-electron chi connectivity index (χ4n) is 4.41. The molecular formula is C30H25IN2O4. The van der Waals surface area contributed by atoms with E-state index in [0.717, 1.165) is 36.6 Å². The number of benzene rings is 4. The van der Waals surface area contributed by atoms with Gasteiger partial charge in [0.2, 0.25) is 0 Å². The van der Waals surface area contributed by atoms with E-state index in [-0.39, 0.29) is 18.1 Å². The first-order chi connectivity index (χ1) is 17.9. The quantitative estimate of drug-likeness (QED) is 0.150. The summed E-state index contributed by atoms with van der Waals surface area (Å²) in [6, 6.07) is 25.4. The number of fused-ring (bicyclic) bond motifs is 1. The van der Waals surface area contributed by atoms with Crippen LogP contribution in [0.1, 0.15) is 22.3 Å². The van der Waals surface area contributed by atoms with E-state index in [0.29, 0.717) is 18.1 Å². The lowest BCUT2D eigenvalue weighted by Gasteiger charge is -2.15. The Hall–Kier alpha value is -3.85. The molecule has 4 aromatic carbocycles. The van der Waals surface area contributed by atoms with E-state index >= 15 is 0 Å². The van der Waals surface area contributed by atoms with Crippen molar-refractivity contribution in [2.45, 2.75) is 20.1 Å². The third-order valence-electron chi connectivity index (χ3n) is 6.20. The van der Waals surface area contributed by atoms with Crippen molar-refractivity contribution in [3.05, 3.63) is 110 Å². The summed E-state index contributed by atoms with van der Waals surface area (Å²) in [6.45, 7) is 2.58. The van der Waals surface area contributed by atoms with Gasteiger partial charge in [0.1, 0.15) is 12.3 Å². The zero-order chi connectivity index (χ0) is 25.9. The molecule has 5 rings (SSSR count). The number of carbonyl (C=O) groups excluding carboxylic acids is 2. The predicted octanol–water partition coefficient (Wildman–Crippen LogP) is 6.43. The number of urea groups is 1. The van der Waals surface area contributed by atoms with Gasteiger partial charge < -0.3 is 14.8 Å². The van der Waals surface area contributed by atoms with Crippen molar-refractivity contribution in [2.24, 2.45) is 0 Å². The van der Waals surface area contributed by atoms with Gasteiger partial charge in [-0.05, 0) is 75.2 Å². The topological polar surface area (TPSA) is 67.9 Å². The number of halogens is 1. The van der Waals surface area contributed by atoms with Crippen molar-refractivity contribution in [3.8, 4) is 11.5 Å². The molecule has 0 radical (unpaired) electrons. The van der Waals surface area contributed by atoms with E-state index in [4.69, 9.17) is 9.47 Å². The lowest BCUT2D eigenvalue weighted by molar-refractivity contribution is -0.123. The molecule has 0 unspecified atom stereocenters. The van der Waals surface area contributed by atoms with Crippen LogP contribution in [0.25, 0.3) is 16.8 Å². The van der Waals surface area contributed by atoms with Crippen LogP contribution < -0.4 is 14.8 Å². The summed E-state index contributed by atoms with van der Waals surface area (Å²) >= 11 is 2.20. The molecule has 6 nitrogen and oxygen atoms in total. The standard InChI is InChI=1S/C30H25IN2O4/c1-19-7-5-8-20(13-19)17-33-29(34)26(32-30(33)35)15-21-14-25(31)28(27(16-21)36-2)37-18-23-11-6-10-22-9-3-4-12-24(22)23/h3-16H,17-18H2,1-2H3,(H,32,35)/b26-15+. The maximum absolute atomic E-state index is 13.0. The molecule has 7 heteroatoms. The van der Waals surface area contributed by atoms with Crippen LogP contribution in [0.3, 0.4) is 0 Å². The van der Waals surface area contributed by atoms with Gasteiger partial charge in [-0.2, -0.15) is 0 Å². The predicted molar refractivity (Wildman–Crippen MR) is 152 cm³/mol. The summed E-state index contributed by atoms with van der Waals surface area (Å²) in [5.74, 6) is 0.810. The first kappa shape index (κ1) is 24.8. The number of nitrogens with zero attached hydrogens (tertiary/aromatic N) is 1. The number of imide groups is 1. The first-order valence-corrected chi connectivity index (χ1v) is 12.9. The Labute approximate surface area is 229 Å². The molecule has 4 aromatic rings. The molecule has 3 amide bonds. The highest BCUT2D eigenvalue weighted by atomic mass is 127. The van der Waals surface area contributed by atoms with E-state index in [1.165, 1.54) is 4.90 Å². The maximum atomic E-state index is 13.0. The van der Waals surface area contributed by atoms with Gasteiger partial charge in [-0.25, -0.2) is 4.79 Å². The minimum absolute atomic E-state index is 0.214. The van der Waals surface area contributed by atoms with Gasteiger partial charge in [-0.15, -0.1) is 0 Å². The molecular weight excluding hydrogens is 579 g/mol. The zero-order valence-electron chi connectivity index (χ0n) is 20.5. The number of amides is 3. The molecule has 1 aliphatic rings. The monoisotopic (exact) mass is 604 g/mol. The average Bonchev–Trinajstić information content (AvgIpc) is 3.15. The van der Waals surface area contributed by atoms with Crippen LogP contribution >= 0.6 is 22.6 Å². The summed E-state index contributed by atoms with van der Waals surface area (Å²) in [5, 5.41) is 5.00. The van der Waals surface area contributed by atoms with Crippen molar-refractivity contribution in [2.75, 3.05) is 7.11 Å². The normalized spacial score (nSPS) is 14.4. The number of aryl methyl sites for hydroxylation is 1. The van der Waals surface area contributed by atoms with Crippen molar-refractivity contribution in [3.63, 3.8) is 0 Å². The average molecular weight is 604 g/mol. The van der Waals surface area contributed by atoms with Crippen LogP contribution in [-0.2, 0) is 17.9 Å². The Bertz CT molecular complexity index is 1540. The van der Waals surface area contributed by atoms with Crippen LogP contribution in [0.4, 0.5) is 4.79 Å². The van der Waals surface area contributed by atoms with Crippen molar-refractivity contribution >= 4 is 51.4 Å². The van der Waals surface area contributed by atoms with Crippen molar-refractivity contribution in [1.29, 1.82) is 0 Å². The number of ether oxygens (including phenoxy) is 2. The third-order valence-corrected chi connectivity index (χ3v) is 7.00. The summed E-state index contributed by atoms with van der Waals surface area (Å²) in [5.41, 5.74) is 3.99. The highest BCUT2D eigenvalue weighted by Crippen LogP contribution is 2.36. The van der Waals surface area contributed by atoms with E-state index in [1.807, 2.05) is 55.5 Å². The number of hydrogen-bond acceptors (Lipinski definition) is 4. The SMILES string of the molecule is COc1cc(/C=C2/NC(=O)N(Cc3cccc(C)c3)C2=O)cc(I)c1OCc1cccc2ccccc12. The first-order valence-electron chi connectivity index (χ1n) is 11.8. The molecule has 186 valence electrons. The van der Waals surface area contributed by atoms with E-state index < -0.39 is 6.03 Å². The minimum atomic E-state index is -0.436. The summed E-state index contributed by atoms with van der Waals surface area (Å²) < 4.78 is 12.7. The molecule has 1 fully saturated rings. The smallest absolute Gasteiger partial charge is 0.329 e. The lowest BCUT2D eigenvalue weighted by Crippen LogP contribution is -2.30. The van der Waals surface area contributed by atoms with Gasteiger partial charge in [0.15, 0.2) is 11.5 Å². The fraction of sp³-hybridized carbons (Fsp3) is 0.133. The Kier molecular flexibility index (Phi) is 7.14. The van der Waals surface area contributed by atoms with Gasteiger partial charge in [-0.1, -0.05) is 72.3 Å². The molecule has 0 saturated carbocycles. The molecule has 1 aliphatic heterocycles. The van der Waals surface area contributed by atoms with Crippen LogP contribution in [0.5, 0.6) is 11.5 Å². The van der Waals surface area contributed by atoms with Crippen LogP contribution in [0.2, 0.25) is 0 Å². The Morgan fingerprint density at radius 1 is 0.973 bits per heavy atom. The molecule has 0 bridgehead atoms. The van der Waals surface area contributed by atoms with Gasteiger partial charge in [-0.3, -0.25) is 9.69 Å². The number of hydrogen-bond donors (Lipinski definition) is 1. The second kappa shape index (κ2) is 10.6. The molecule has 1 heterocycles. The molecule has 1 saturated heterocycles. The second-order valence-electron chi connectivity index (χ2n) is 8.83. The molecule has 0 atom stereocenters. The van der Waals surface area contributed by atoms with Gasteiger partial charge in [0.25, 0.3) is 5.91 Å². The van der Waals surface area contributed by atoms with E-state index in [1.54, 1.807) is 19.3 Å². The fourth-order valence-corrected chi connectivity index (χ4v) is 5.19. The largest absolute Gasteiger partial charge is 0.493 e. The maximum Gasteiger partial charge on any atom is 0.329 e. The number of carbonyl (C=O) groups is 2. The number of nitrogens with one attached hydrogen (secondary N) is 1. The number of rotatable bonds is 7. The molecule has 0 aromatic heterocycles. The lowest BCUT2D eigenvalue weighted by atomic mass is 10.1. The summed E-state index contributed by atoms with van der Waals surface area (Å²) in [6.07, 6.45) is 1.66. The summed E-state index contributed by atoms with van der Waals surface area (Å²) in [7, 11) is 1.58. The Morgan fingerprint density at radius 3 is 2.57 bits per heavy atom.